The molecule has 0 saturated heterocycles. The second-order valence-electron chi connectivity index (χ2n) is 3.44. The van der Waals surface area contributed by atoms with Gasteiger partial charge >= 0.3 is 0 Å². The van der Waals surface area contributed by atoms with Crippen LogP contribution in [0.15, 0.2) is 46.9 Å². The fourth-order valence-corrected chi connectivity index (χ4v) is 1.69. The molecule has 0 fully saturated rings. The third-order valence-corrected chi connectivity index (χ3v) is 2.34. The predicted molar refractivity (Wildman–Crippen MR) is 67.0 cm³/mol. The molecule has 1 aliphatic heterocycles. The number of nitriles is 1. The van der Waals surface area contributed by atoms with Crippen LogP contribution in [0.25, 0.3) is 5.57 Å². The maximum atomic E-state index is 9.19. The Bertz CT molecular complexity index is 544. The van der Waals surface area contributed by atoms with Crippen LogP contribution in [0.3, 0.4) is 0 Å². The molecule has 0 atom stereocenters. The normalized spacial score (nSPS) is 17.5. The van der Waals surface area contributed by atoms with E-state index in [0.717, 1.165) is 5.70 Å². The van der Waals surface area contributed by atoms with Crippen LogP contribution in [0.5, 0.6) is 0 Å². The van der Waals surface area contributed by atoms with E-state index in [9.17, 15) is 5.26 Å². The average Bonchev–Trinajstić information content (AvgIpc) is 2.30. The zero-order valence-corrected chi connectivity index (χ0v) is 9.86. The van der Waals surface area contributed by atoms with Gasteiger partial charge in [-0.1, -0.05) is 6.07 Å². The zero-order chi connectivity index (χ0) is 12.3. The van der Waals surface area contributed by atoms with Crippen molar-refractivity contribution in [1.82, 2.24) is 10.3 Å². The first-order valence-electron chi connectivity index (χ1n) is 4.96. The van der Waals surface area contributed by atoms with Gasteiger partial charge in [0.1, 0.15) is 11.6 Å². The number of halogens is 1. The van der Waals surface area contributed by atoms with Gasteiger partial charge in [-0.05, 0) is 36.7 Å². The van der Waals surface area contributed by atoms with E-state index in [0.29, 0.717) is 17.0 Å². The van der Waals surface area contributed by atoms with Gasteiger partial charge in [0.25, 0.3) is 0 Å². The molecule has 2 rings (SSSR count). The Morgan fingerprint density at radius 1 is 1.47 bits per heavy atom. The number of hydrogen-bond acceptors (Lipinski definition) is 4. The van der Waals surface area contributed by atoms with E-state index in [1.165, 1.54) is 0 Å². The van der Waals surface area contributed by atoms with Gasteiger partial charge in [-0.3, -0.25) is 4.98 Å². The maximum absolute atomic E-state index is 9.19. The summed E-state index contributed by atoms with van der Waals surface area (Å²) >= 11 is 5.83. The first-order chi connectivity index (χ1) is 8.20. The second-order valence-corrected chi connectivity index (χ2v) is 3.80. The number of nitrogens with one attached hydrogen (secondary N) is 1. The molecule has 0 saturated carbocycles. The van der Waals surface area contributed by atoms with E-state index in [4.69, 9.17) is 11.6 Å². The van der Waals surface area contributed by atoms with Gasteiger partial charge in [-0.2, -0.15) is 5.26 Å². The Hall–Kier alpha value is -2.12. The highest BCUT2D eigenvalue weighted by atomic mass is 35.5. The minimum absolute atomic E-state index is 0.253. The largest absolute Gasteiger partial charge is 0.334 e. The fraction of sp³-hybridized carbons (Fsp3) is 0.0833. The van der Waals surface area contributed by atoms with E-state index in [2.05, 4.69) is 21.4 Å². The van der Waals surface area contributed by atoms with Gasteiger partial charge in [0, 0.05) is 11.9 Å². The highest BCUT2D eigenvalue weighted by Gasteiger charge is 2.12. The van der Waals surface area contributed by atoms with Crippen molar-refractivity contribution in [3.63, 3.8) is 0 Å². The summed E-state index contributed by atoms with van der Waals surface area (Å²) in [5.74, 6) is 0. The number of aromatic nitrogens is 1. The highest BCUT2D eigenvalue weighted by Crippen LogP contribution is 2.21. The van der Waals surface area contributed by atoms with Crippen molar-refractivity contribution in [3.8, 4) is 6.07 Å². The van der Waals surface area contributed by atoms with Crippen molar-refractivity contribution in [2.75, 3.05) is 0 Å². The number of hydrogen-bond donors (Lipinski definition) is 1. The summed E-state index contributed by atoms with van der Waals surface area (Å²) in [5, 5.41) is 12.3. The maximum Gasteiger partial charge on any atom is 0.200 e. The molecule has 84 valence electrons. The molecule has 1 aromatic rings. The second kappa shape index (κ2) is 4.81. The minimum atomic E-state index is 0.253. The molecular formula is C12H9ClN4. The average molecular weight is 245 g/mol. The van der Waals surface area contributed by atoms with Crippen LogP contribution in [0.4, 0.5) is 0 Å². The minimum Gasteiger partial charge on any atom is -0.334 e. The lowest BCUT2D eigenvalue weighted by Gasteiger charge is -2.11. The highest BCUT2D eigenvalue weighted by molar-refractivity contribution is 6.65. The van der Waals surface area contributed by atoms with Crippen molar-refractivity contribution < 1.29 is 0 Å². The number of amidine groups is 1. The summed E-state index contributed by atoms with van der Waals surface area (Å²) in [4.78, 5) is 8.22. The van der Waals surface area contributed by atoms with Crippen molar-refractivity contribution in [2.24, 2.45) is 4.99 Å². The first kappa shape index (κ1) is 11.4. The van der Waals surface area contributed by atoms with Gasteiger partial charge in [-0.25, -0.2) is 4.99 Å². The molecular weight excluding hydrogens is 236 g/mol. The molecule has 2 heterocycles. The quantitative estimate of drug-likeness (QED) is 0.610. The zero-order valence-electron chi connectivity index (χ0n) is 9.11. The molecule has 0 spiro atoms. The molecule has 1 aliphatic rings. The molecule has 0 aliphatic carbocycles. The number of pyridine rings is 1. The lowest BCUT2D eigenvalue weighted by atomic mass is 10.1. The topological polar surface area (TPSA) is 61.1 Å². The van der Waals surface area contributed by atoms with Crippen LogP contribution in [-0.4, -0.2) is 10.3 Å². The summed E-state index contributed by atoms with van der Waals surface area (Å²) in [7, 11) is 0. The van der Waals surface area contributed by atoms with Crippen molar-refractivity contribution in [2.45, 2.75) is 6.92 Å². The molecule has 0 aromatic carbocycles. The fourth-order valence-electron chi connectivity index (χ4n) is 1.45. The third-order valence-electron chi connectivity index (χ3n) is 2.16. The van der Waals surface area contributed by atoms with Crippen LogP contribution < -0.4 is 5.32 Å². The molecule has 0 radical (unpaired) electrons. The summed E-state index contributed by atoms with van der Waals surface area (Å²) in [5.41, 5.74) is 2.35. The molecule has 0 amide bonds. The molecule has 0 unspecified atom stereocenters. The Morgan fingerprint density at radius 3 is 2.88 bits per heavy atom. The molecule has 1 aromatic heterocycles. The van der Waals surface area contributed by atoms with E-state index in [1.807, 2.05) is 13.0 Å². The van der Waals surface area contributed by atoms with Crippen LogP contribution in [0.2, 0.25) is 0 Å². The first-order valence-corrected chi connectivity index (χ1v) is 5.34. The van der Waals surface area contributed by atoms with Gasteiger partial charge in [-0.15, -0.1) is 0 Å². The van der Waals surface area contributed by atoms with Crippen LogP contribution in [0, 0.1) is 11.3 Å². The summed E-state index contributed by atoms with van der Waals surface area (Å²) in [6.07, 6.45) is 3.40. The number of nitrogens with zero attached hydrogens (tertiary/aromatic N) is 3. The standard InChI is InChI=1S/C12H9ClN4/c1-8-6-11(17-12(13)16-8)9(7-14)10-4-2-3-5-15-10/h2-6H,1H3,(H,16,17)/b11-9+. The molecule has 5 heteroatoms. The van der Waals surface area contributed by atoms with E-state index in [1.54, 1.807) is 24.4 Å². The summed E-state index contributed by atoms with van der Waals surface area (Å²) < 4.78 is 0. The SMILES string of the molecule is CC1=C/C(=C(/C#N)c2ccccn2)N=C(Cl)N1. The molecule has 0 bridgehead atoms. The molecule has 17 heavy (non-hydrogen) atoms. The number of rotatable bonds is 1. The van der Waals surface area contributed by atoms with Crippen molar-refractivity contribution in [3.05, 3.63) is 47.6 Å². The van der Waals surface area contributed by atoms with Crippen LogP contribution in [-0.2, 0) is 0 Å². The van der Waals surface area contributed by atoms with Crippen molar-refractivity contribution >= 4 is 22.5 Å². The van der Waals surface area contributed by atoms with Crippen LogP contribution >= 0.6 is 11.6 Å². The molecule has 1 N–H and O–H groups in total. The van der Waals surface area contributed by atoms with E-state index >= 15 is 0 Å². The lowest BCUT2D eigenvalue weighted by molar-refractivity contribution is 1.08. The third kappa shape index (κ3) is 2.52. The number of allylic oxidation sites excluding steroid dienone is 3. The Balaban J connectivity index is 2.56. The lowest BCUT2D eigenvalue weighted by Crippen LogP contribution is -2.19. The van der Waals surface area contributed by atoms with Crippen molar-refractivity contribution in [1.29, 1.82) is 5.26 Å². The summed E-state index contributed by atoms with van der Waals surface area (Å²) in [6, 6.07) is 7.49. The van der Waals surface area contributed by atoms with Crippen LogP contribution in [0.1, 0.15) is 12.6 Å². The Morgan fingerprint density at radius 2 is 2.29 bits per heavy atom. The van der Waals surface area contributed by atoms with Gasteiger partial charge in [0.05, 0.1) is 11.4 Å². The van der Waals surface area contributed by atoms with Gasteiger partial charge < -0.3 is 5.32 Å². The van der Waals surface area contributed by atoms with Gasteiger partial charge in [0.15, 0.2) is 0 Å². The Labute approximate surface area is 104 Å². The molecule has 4 nitrogen and oxygen atoms in total. The predicted octanol–water partition coefficient (Wildman–Crippen LogP) is 2.42. The smallest absolute Gasteiger partial charge is 0.200 e. The number of aliphatic imine (C=N–C) groups is 1. The van der Waals surface area contributed by atoms with E-state index < -0.39 is 0 Å². The summed E-state index contributed by atoms with van der Waals surface area (Å²) in [6.45, 7) is 1.85. The Kier molecular flexibility index (Phi) is 3.22. The van der Waals surface area contributed by atoms with E-state index in [-0.39, 0.29) is 5.29 Å². The van der Waals surface area contributed by atoms with Gasteiger partial charge in [0.2, 0.25) is 5.29 Å². The monoisotopic (exact) mass is 244 g/mol.